The minimum Gasteiger partial charge on any atom is -0.404 e. The average molecular weight is 535 g/mol. The molecule has 6 rings (SSSR count). The Hall–Kier alpha value is -3.50. The molecule has 0 fully saturated rings. The van der Waals surface area contributed by atoms with Crippen LogP contribution in [0.1, 0.15) is 15.4 Å². The number of rotatable bonds is 6. The van der Waals surface area contributed by atoms with Gasteiger partial charge in [0, 0.05) is 35.9 Å². The van der Waals surface area contributed by atoms with Crippen LogP contribution in [0, 0.1) is 0 Å². The minimum absolute atomic E-state index is 0.0657. The number of H-pyrrole nitrogens is 1. The van der Waals surface area contributed by atoms with Gasteiger partial charge in [0.1, 0.15) is 5.69 Å². The van der Waals surface area contributed by atoms with Gasteiger partial charge in [0.05, 0.1) is 26.5 Å². The maximum absolute atomic E-state index is 13.4. The number of fused-ring (bicyclic) bond motifs is 1. The van der Waals surface area contributed by atoms with Crippen LogP contribution in [0.4, 0.5) is 5.13 Å². The van der Waals surface area contributed by atoms with E-state index in [1.165, 1.54) is 22.7 Å². The average Bonchev–Trinajstić information content (AvgIpc) is 3.67. The third kappa shape index (κ3) is 4.42. The van der Waals surface area contributed by atoms with Crippen molar-refractivity contribution in [2.24, 2.45) is 0 Å². The fourth-order valence-electron chi connectivity index (χ4n) is 4.23. The van der Waals surface area contributed by atoms with E-state index < -0.39 is 0 Å². The van der Waals surface area contributed by atoms with Crippen molar-refractivity contribution in [3.63, 3.8) is 0 Å². The molecule has 180 valence electrons. The summed E-state index contributed by atoms with van der Waals surface area (Å²) in [4.78, 5) is 28.1. The standard InChI is InChI=1S/C26H20ClN5O2S2/c1-31-18(12-22(34-31)23-8-9-24(27)36-23)14-32-20-7-3-2-5-16(20)11-21(32)25(33)30-26-29-19(15-35-26)17-6-4-10-28-13-17/h2-13,15,18H,14H2,1H3,(H,29,30,33)/p+1. The number of carbonyl (C=O) groups excluding carboxylic acids is 1. The van der Waals surface area contributed by atoms with Gasteiger partial charge >= 0.3 is 0 Å². The maximum Gasteiger partial charge on any atom is 0.274 e. The molecule has 1 atom stereocenters. The number of nitrogens with one attached hydrogen (secondary N) is 2. The third-order valence-corrected chi connectivity index (χ3v) is 8.01. The van der Waals surface area contributed by atoms with Crippen LogP contribution in [0.15, 0.2) is 78.4 Å². The first kappa shape index (κ1) is 22.9. The molecule has 1 aromatic carbocycles. The number of amides is 1. The fourth-order valence-corrected chi connectivity index (χ4v) is 5.95. The Kier molecular flexibility index (Phi) is 6.06. The zero-order valence-electron chi connectivity index (χ0n) is 19.1. The molecule has 5 heterocycles. The van der Waals surface area contributed by atoms with E-state index in [-0.39, 0.29) is 11.9 Å². The molecule has 1 aliphatic heterocycles. The molecule has 0 saturated heterocycles. The molecule has 4 aromatic heterocycles. The Labute approximate surface area is 220 Å². The molecule has 1 aliphatic rings. The predicted molar refractivity (Wildman–Crippen MR) is 144 cm³/mol. The molecule has 0 aliphatic carbocycles. The number of aromatic amines is 1. The number of hydroxylamine groups is 2. The number of hydrogen-bond acceptors (Lipinski definition) is 6. The lowest BCUT2D eigenvalue weighted by Gasteiger charge is -2.20. The summed E-state index contributed by atoms with van der Waals surface area (Å²) in [6.07, 6.45) is 5.80. The van der Waals surface area contributed by atoms with Gasteiger partial charge in [0.15, 0.2) is 23.3 Å². The number of anilines is 1. The van der Waals surface area contributed by atoms with E-state index in [1.54, 1.807) is 0 Å². The molecule has 0 saturated carbocycles. The van der Waals surface area contributed by atoms with Crippen molar-refractivity contribution >= 4 is 62.0 Å². The van der Waals surface area contributed by atoms with Crippen molar-refractivity contribution in [3.05, 3.63) is 93.4 Å². The number of halogens is 1. The second kappa shape index (κ2) is 9.51. The molecule has 0 radical (unpaired) electrons. The zero-order valence-corrected chi connectivity index (χ0v) is 21.5. The van der Waals surface area contributed by atoms with E-state index in [4.69, 9.17) is 16.4 Å². The predicted octanol–water partition coefficient (Wildman–Crippen LogP) is 5.83. The van der Waals surface area contributed by atoms with E-state index in [0.29, 0.717) is 21.7 Å². The largest absolute Gasteiger partial charge is 0.404 e. The van der Waals surface area contributed by atoms with Crippen molar-refractivity contribution in [3.8, 4) is 11.3 Å². The summed E-state index contributed by atoms with van der Waals surface area (Å²) in [5.41, 5.74) is 3.32. The second-order valence-electron chi connectivity index (χ2n) is 8.32. The van der Waals surface area contributed by atoms with Gasteiger partial charge in [-0.15, -0.1) is 27.7 Å². The minimum atomic E-state index is -0.206. The Morgan fingerprint density at radius 2 is 2.11 bits per heavy atom. The van der Waals surface area contributed by atoms with Gasteiger partial charge < -0.3 is 9.40 Å². The molecule has 36 heavy (non-hydrogen) atoms. The summed E-state index contributed by atoms with van der Waals surface area (Å²) < 4.78 is 2.75. The van der Waals surface area contributed by atoms with Gasteiger partial charge in [0.2, 0.25) is 0 Å². The van der Waals surface area contributed by atoms with Gasteiger partial charge in [-0.2, -0.15) is 0 Å². The smallest absolute Gasteiger partial charge is 0.274 e. The van der Waals surface area contributed by atoms with Gasteiger partial charge in [0.25, 0.3) is 5.91 Å². The Bertz CT molecular complexity index is 1590. The van der Waals surface area contributed by atoms with Crippen molar-refractivity contribution in [2.45, 2.75) is 12.6 Å². The normalized spacial score (nSPS) is 15.7. The first-order valence-electron chi connectivity index (χ1n) is 11.2. The summed E-state index contributed by atoms with van der Waals surface area (Å²) >= 11 is 8.99. The quantitative estimate of drug-likeness (QED) is 0.297. The highest BCUT2D eigenvalue weighted by atomic mass is 35.5. The molecule has 5 aromatic rings. The molecule has 10 heteroatoms. The van der Waals surface area contributed by atoms with Crippen molar-refractivity contribution in [2.75, 3.05) is 12.4 Å². The number of nitrogens with zero attached hydrogens (tertiary/aromatic N) is 3. The van der Waals surface area contributed by atoms with E-state index in [9.17, 15) is 4.79 Å². The number of thiophene rings is 1. The van der Waals surface area contributed by atoms with Gasteiger partial charge in [-0.3, -0.25) is 10.1 Å². The van der Waals surface area contributed by atoms with Crippen molar-refractivity contribution < 1.29 is 14.6 Å². The summed E-state index contributed by atoms with van der Waals surface area (Å²) in [6.45, 7) is 0.540. The summed E-state index contributed by atoms with van der Waals surface area (Å²) in [5, 5.41) is 8.28. The lowest BCUT2D eigenvalue weighted by molar-refractivity contribution is -0.377. The van der Waals surface area contributed by atoms with Crippen LogP contribution in [0.3, 0.4) is 0 Å². The molecule has 2 N–H and O–H groups in total. The highest BCUT2D eigenvalue weighted by molar-refractivity contribution is 7.17. The Balaban J connectivity index is 1.29. The van der Waals surface area contributed by atoms with Crippen LogP contribution in [-0.4, -0.2) is 33.6 Å². The molecule has 0 spiro atoms. The van der Waals surface area contributed by atoms with Crippen LogP contribution in [0.5, 0.6) is 0 Å². The van der Waals surface area contributed by atoms with Gasteiger partial charge in [-0.05, 0) is 36.4 Å². The van der Waals surface area contributed by atoms with E-state index in [0.717, 1.165) is 32.8 Å². The van der Waals surface area contributed by atoms with Gasteiger partial charge in [-0.25, -0.2) is 9.97 Å². The van der Waals surface area contributed by atoms with Crippen LogP contribution in [-0.2, 0) is 11.4 Å². The van der Waals surface area contributed by atoms with E-state index in [2.05, 4.69) is 21.4 Å². The highest BCUT2D eigenvalue weighted by Gasteiger charge is 2.28. The summed E-state index contributed by atoms with van der Waals surface area (Å²) in [7, 11) is 1.90. The summed E-state index contributed by atoms with van der Waals surface area (Å²) in [5.74, 6) is 0.567. The Morgan fingerprint density at radius 3 is 2.92 bits per heavy atom. The number of thiazole rings is 1. The lowest BCUT2D eigenvalue weighted by Crippen LogP contribution is -2.30. The topological polar surface area (TPSA) is 73.5 Å². The fraction of sp³-hybridized carbons (Fsp3) is 0.115. The molecule has 1 unspecified atom stereocenters. The number of pyridine rings is 1. The first-order valence-corrected chi connectivity index (χ1v) is 13.3. The molecular weight excluding hydrogens is 514 g/mol. The van der Waals surface area contributed by atoms with Crippen LogP contribution in [0.2, 0.25) is 4.34 Å². The Morgan fingerprint density at radius 1 is 1.22 bits per heavy atom. The third-order valence-electron chi connectivity index (χ3n) is 6.01. The van der Waals surface area contributed by atoms with E-state index in [1.807, 2.05) is 89.0 Å². The monoisotopic (exact) mass is 534 g/mol. The molecular formula is C26H21ClN5O2S2+. The number of aromatic nitrogens is 3. The molecule has 7 nitrogen and oxygen atoms in total. The molecule has 1 amide bonds. The lowest BCUT2D eigenvalue weighted by atomic mass is 10.2. The summed E-state index contributed by atoms with van der Waals surface area (Å²) in [6, 6.07) is 17.6. The molecule has 0 bridgehead atoms. The number of para-hydroxylation sites is 1. The SMILES string of the molecule is CN1OC(c2ccc(Cl)s2)=CC1Cn1c(C(=O)Nc2nc(-c3ccc[nH+]c3)cs2)cc2ccccc21. The number of carbonyl (C=O) groups is 1. The number of hydrogen-bond donors (Lipinski definition) is 1. The van der Waals surface area contributed by atoms with Crippen molar-refractivity contribution in [1.29, 1.82) is 0 Å². The van der Waals surface area contributed by atoms with Crippen molar-refractivity contribution in [1.82, 2.24) is 14.6 Å². The number of likely N-dealkylation sites (N-methyl/N-ethyl adjacent to an activating group) is 1. The van der Waals surface area contributed by atoms with Gasteiger partial charge in [-0.1, -0.05) is 29.8 Å². The first-order chi connectivity index (χ1) is 17.5. The van der Waals surface area contributed by atoms with E-state index >= 15 is 0 Å². The second-order valence-corrected chi connectivity index (χ2v) is 10.9. The van der Waals surface area contributed by atoms with Crippen LogP contribution >= 0.6 is 34.3 Å². The zero-order chi connectivity index (χ0) is 24.6. The van der Waals surface area contributed by atoms with Crippen LogP contribution < -0.4 is 10.3 Å². The highest BCUT2D eigenvalue weighted by Crippen LogP contribution is 2.34. The number of benzene rings is 1. The maximum atomic E-state index is 13.4. The van der Waals surface area contributed by atoms with Crippen LogP contribution in [0.25, 0.3) is 27.9 Å².